The van der Waals surface area contributed by atoms with Crippen LogP contribution in [0.2, 0.25) is 0 Å². The van der Waals surface area contributed by atoms with E-state index in [1.807, 2.05) is 0 Å². The maximum absolute atomic E-state index is 14.2. The number of methoxy groups -OCH3 is 1. The number of esters is 1. The molecule has 3 N–H and O–H groups in total. The topological polar surface area (TPSA) is 77.2 Å². The fourth-order valence-electron chi connectivity index (χ4n) is 1.69. The number of halogens is 3. The van der Waals surface area contributed by atoms with Crippen LogP contribution in [0.15, 0.2) is 41.1 Å². The SMILES string of the molecule is COC(=O)C1(Br)NC(c2cccnc2)=C(F)C(N)=C1Cl. The second kappa shape index (κ2) is 5.41. The molecule has 20 heavy (non-hydrogen) atoms. The van der Waals surface area contributed by atoms with Crippen molar-refractivity contribution < 1.29 is 13.9 Å². The molecule has 2 heterocycles. The van der Waals surface area contributed by atoms with Crippen molar-refractivity contribution in [3.05, 3.63) is 46.6 Å². The molecule has 1 unspecified atom stereocenters. The first-order valence-electron chi connectivity index (χ1n) is 5.43. The van der Waals surface area contributed by atoms with Gasteiger partial charge < -0.3 is 15.8 Å². The summed E-state index contributed by atoms with van der Waals surface area (Å²) in [6.07, 6.45) is 2.97. The van der Waals surface area contributed by atoms with E-state index in [0.29, 0.717) is 5.56 Å². The van der Waals surface area contributed by atoms with Crippen LogP contribution in [-0.4, -0.2) is 22.5 Å². The van der Waals surface area contributed by atoms with Gasteiger partial charge in [-0.3, -0.25) is 4.98 Å². The van der Waals surface area contributed by atoms with Gasteiger partial charge in [-0.1, -0.05) is 11.6 Å². The molecule has 0 saturated heterocycles. The standard InChI is InChI=1S/C12H10BrClFN3O2/c1-20-11(19)12(13)10(14)8(16)7(15)9(18-12)6-3-2-4-17-5-6/h2-5,18H,16H2,1H3. The molecule has 1 aromatic rings. The maximum Gasteiger partial charge on any atom is 0.348 e. The highest BCUT2D eigenvalue weighted by Gasteiger charge is 2.46. The van der Waals surface area contributed by atoms with E-state index in [-0.39, 0.29) is 16.4 Å². The number of dihydropyridines is 1. The fourth-order valence-corrected chi connectivity index (χ4v) is 2.47. The molecule has 1 aliphatic heterocycles. The zero-order valence-electron chi connectivity index (χ0n) is 10.3. The van der Waals surface area contributed by atoms with Gasteiger partial charge in [0.1, 0.15) is 0 Å². The predicted octanol–water partition coefficient (Wildman–Crippen LogP) is 2.00. The zero-order valence-corrected chi connectivity index (χ0v) is 12.6. The number of nitrogens with one attached hydrogen (secondary N) is 1. The molecule has 0 aromatic carbocycles. The van der Waals surface area contributed by atoms with Crippen LogP contribution in [0.5, 0.6) is 0 Å². The number of carbonyl (C=O) groups excluding carboxylic acids is 1. The van der Waals surface area contributed by atoms with Gasteiger partial charge in [-0.15, -0.1) is 0 Å². The second-order valence-corrected chi connectivity index (χ2v) is 5.50. The summed E-state index contributed by atoms with van der Waals surface area (Å²) in [5, 5.41) is 2.44. The summed E-state index contributed by atoms with van der Waals surface area (Å²) < 4.78 is 17.3. The predicted molar refractivity (Wildman–Crippen MR) is 76.1 cm³/mol. The van der Waals surface area contributed by atoms with Crippen molar-refractivity contribution in [1.29, 1.82) is 0 Å². The minimum atomic E-state index is -1.63. The average molecular weight is 363 g/mol. The second-order valence-electron chi connectivity index (χ2n) is 3.93. The molecular formula is C12H10BrClFN3O2. The lowest BCUT2D eigenvalue weighted by molar-refractivity contribution is -0.142. The van der Waals surface area contributed by atoms with E-state index in [1.165, 1.54) is 13.3 Å². The molecule has 0 radical (unpaired) electrons. The largest absolute Gasteiger partial charge is 0.466 e. The Hall–Kier alpha value is -1.60. The molecule has 0 saturated carbocycles. The minimum absolute atomic E-state index is 0.00211. The number of nitrogens with zero attached hydrogens (tertiary/aromatic N) is 1. The highest BCUT2D eigenvalue weighted by molar-refractivity contribution is 9.10. The summed E-state index contributed by atoms with van der Waals surface area (Å²) in [5.74, 6) is -1.51. The van der Waals surface area contributed by atoms with Gasteiger partial charge in [0.2, 0.25) is 4.45 Å². The van der Waals surface area contributed by atoms with Crippen molar-refractivity contribution in [2.75, 3.05) is 7.11 Å². The number of alkyl halides is 1. The van der Waals surface area contributed by atoms with Crippen LogP contribution in [0, 0.1) is 0 Å². The Morgan fingerprint density at radius 3 is 2.90 bits per heavy atom. The van der Waals surface area contributed by atoms with E-state index >= 15 is 0 Å². The number of allylic oxidation sites excluding steroid dienone is 1. The number of hydrogen-bond acceptors (Lipinski definition) is 5. The Morgan fingerprint density at radius 2 is 2.35 bits per heavy atom. The number of hydrogen-bond donors (Lipinski definition) is 2. The van der Waals surface area contributed by atoms with Crippen molar-refractivity contribution in [1.82, 2.24) is 10.3 Å². The van der Waals surface area contributed by atoms with Crippen molar-refractivity contribution in [2.45, 2.75) is 4.45 Å². The Bertz CT molecular complexity index is 620. The Balaban J connectivity index is 2.58. The van der Waals surface area contributed by atoms with E-state index < -0.39 is 16.2 Å². The molecule has 1 atom stereocenters. The molecule has 0 spiro atoms. The highest BCUT2D eigenvalue weighted by Crippen LogP contribution is 2.40. The van der Waals surface area contributed by atoms with Crippen LogP contribution in [0.3, 0.4) is 0 Å². The third kappa shape index (κ3) is 2.27. The van der Waals surface area contributed by atoms with Gasteiger partial charge in [0.25, 0.3) is 0 Å². The molecule has 0 bridgehead atoms. The van der Waals surface area contributed by atoms with Gasteiger partial charge in [-0.05, 0) is 28.1 Å². The fraction of sp³-hybridized carbons (Fsp3) is 0.167. The minimum Gasteiger partial charge on any atom is -0.466 e. The highest BCUT2D eigenvalue weighted by atomic mass is 79.9. The molecule has 2 rings (SSSR count). The van der Waals surface area contributed by atoms with Gasteiger partial charge >= 0.3 is 5.97 Å². The molecule has 1 aromatic heterocycles. The van der Waals surface area contributed by atoms with E-state index in [2.05, 4.69) is 31.0 Å². The lowest BCUT2D eigenvalue weighted by Crippen LogP contribution is -2.50. The summed E-state index contributed by atoms with van der Waals surface area (Å²) in [6, 6.07) is 3.24. The van der Waals surface area contributed by atoms with Crippen LogP contribution in [0.4, 0.5) is 4.39 Å². The number of aromatic nitrogens is 1. The Kier molecular flexibility index (Phi) is 4.01. The van der Waals surface area contributed by atoms with Crippen molar-refractivity contribution >= 4 is 39.2 Å². The maximum atomic E-state index is 14.2. The van der Waals surface area contributed by atoms with Crippen molar-refractivity contribution in [3.8, 4) is 0 Å². The molecule has 0 aliphatic carbocycles. The summed E-state index contributed by atoms with van der Waals surface area (Å²) in [5.41, 5.74) is 5.72. The van der Waals surface area contributed by atoms with Gasteiger partial charge in [0.15, 0.2) is 5.83 Å². The monoisotopic (exact) mass is 361 g/mol. The number of nitrogens with two attached hydrogens (primary N) is 1. The van der Waals surface area contributed by atoms with E-state index in [4.69, 9.17) is 17.3 Å². The molecule has 1 aliphatic rings. The van der Waals surface area contributed by atoms with Crippen molar-refractivity contribution in [3.63, 3.8) is 0 Å². The van der Waals surface area contributed by atoms with E-state index in [1.54, 1.807) is 18.3 Å². The number of carbonyl (C=O) groups is 1. The normalized spacial score (nSPS) is 22.6. The molecule has 8 heteroatoms. The summed E-state index contributed by atoms with van der Waals surface area (Å²) >= 11 is 9.07. The number of rotatable bonds is 2. The van der Waals surface area contributed by atoms with Gasteiger partial charge in [-0.2, -0.15) is 0 Å². The van der Waals surface area contributed by atoms with E-state index in [9.17, 15) is 9.18 Å². The van der Waals surface area contributed by atoms with Crippen LogP contribution in [0.25, 0.3) is 5.70 Å². The van der Waals surface area contributed by atoms with Gasteiger partial charge in [0.05, 0.1) is 23.5 Å². The van der Waals surface area contributed by atoms with Crippen LogP contribution in [0.1, 0.15) is 5.56 Å². The molecular weight excluding hydrogens is 353 g/mol. The average Bonchev–Trinajstić information content (AvgIpc) is 2.49. The first kappa shape index (κ1) is 14.8. The first-order valence-corrected chi connectivity index (χ1v) is 6.60. The Morgan fingerprint density at radius 1 is 1.65 bits per heavy atom. The van der Waals surface area contributed by atoms with Crippen LogP contribution < -0.4 is 11.1 Å². The smallest absolute Gasteiger partial charge is 0.348 e. The molecule has 5 nitrogen and oxygen atoms in total. The van der Waals surface area contributed by atoms with E-state index in [0.717, 1.165) is 0 Å². The zero-order chi connectivity index (χ0) is 14.9. The van der Waals surface area contributed by atoms with Gasteiger partial charge in [0, 0.05) is 18.0 Å². The summed E-state index contributed by atoms with van der Waals surface area (Å²) in [7, 11) is 1.19. The molecule has 106 valence electrons. The lowest BCUT2D eigenvalue weighted by atomic mass is 10.1. The third-order valence-corrected chi connectivity index (χ3v) is 4.34. The Labute approximate surface area is 127 Å². The lowest BCUT2D eigenvalue weighted by Gasteiger charge is -2.32. The quantitative estimate of drug-likeness (QED) is 0.478. The summed E-state index contributed by atoms with van der Waals surface area (Å²) in [6.45, 7) is 0. The first-order chi connectivity index (χ1) is 9.41. The third-order valence-electron chi connectivity index (χ3n) is 2.71. The van der Waals surface area contributed by atoms with Crippen molar-refractivity contribution in [2.24, 2.45) is 5.73 Å². The summed E-state index contributed by atoms with van der Waals surface area (Å²) in [4.78, 5) is 15.8. The van der Waals surface area contributed by atoms with Crippen LogP contribution >= 0.6 is 27.5 Å². The number of ether oxygens (including phenoxy) is 1. The van der Waals surface area contributed by atoms with Gasteiger partial charge in [-0.25, -0.2) is 9.18 Å². The molecule has 0 amide bonds. The molecule has 0 fully saturated rings. The van der Waals surface area contributed by atoms with Crippen LogP contribution in [-0.2, 0) is 9.53 Å². The number of pyridine rings is 1.